The van der Waals surface area contributed by atoms with Gasteiger partial charge in [-0.15, -0.1) is 0 Å². The maximum Gasteiger partial charge on any atom is 0.451 e. The molecule has 2 aromatic carbocycles. The highest BCUT2D eigenvalue weighted by atomic mass is 32.2. The number of thioether (sulfide) groups is 1. The van der Waals surface area contributed by atoms with Gasteiger partial charge in [0.1, 0.15) is 10.8 Å². The topological polar surface area (TPSA) is 73.9 Å². The lowest BCUT2D eigenvalue weighted by atomic mass is 10.2. The van der Waals surface area contributed by atoms with E-state index in [4.69, 9.17) is 9.26 Å². The van der Waals surface area contributed by atoms with Crippen LogP contribution in [0.5, 0.6) is 5.75 Å². The molecule has 0 aliphatic rings. The molecule has 2 heterocycles. The van der Waals surface area contributed by atoms with Crippen LogP contribution in [0.4, 0.5) is 13.2 Å². The third kappa shape index (κ3) is 4.16. The highest BCUT2D eigenvalue weighted by Crippen LogP contribution is 2.33. The fourth-order valence-electron chi connectivity index (χ4n) is 2.58. The van der Waals surface area contributed by atoms with Crippen LogP contribution in [0.3, 0.4) is 0 Å². The summed E-state index contributed by atoms with van der Waals surface area (Å²) in [6, 6.07) is 13.6. The quantitative estimate of drug-likeness (QED) is 0.334. The summed E-state index contributed by atoms with van der Waals surface area (Å²) in [5.74, 6) is 0.368. The standard InChI is InChI=1S/C19H13F3N4O2S/c1-27-12-8-6-11(7-9-12)16-24-15(26-28-16)10-29-17-13-4-2-3-5-14(13)23-18(25-17)19(20,21)22/h2-9H,10H2,1H3. The number of nitrogens with zero attached hydrogens (tertiary/aromatic N) is 4. The average Bonchev–Trinajstić information content (AvgIpc) is 3.20. The number of fused-ring (bicyclic) bond motifs is 1. The molecular formula is C19H13F3N4O2S. The van der Waals surface area contributed by atoms with E-state index in [-0.39, 0.29) is 16.3 Å². The fraction of sp³-hybridized carbons (Fsp3) is 0.158. The van der Waals surface area contributed by atoms with Crippen molar-refractivity contribution < 1.29 is 22.4 Å². The molecular weight excluding hydrogens is 405 g/mol. The lowest BCUT2D eigenvalue weighted by Gasteiger charge is -2.09. The minimum Gasteiger partial charge on any atom is -0.497 e. The van der Waals surface area contributed by atoms with E-state index in [0.29, 0.717) is 28.4 Å². The zero-order valence-corrected chi connectivity index (χ0v) is 15.8. The molecule has 4 aromatic rings. The molecule has 4 rings (SSSR count). The molecule has 0 aliphatic carbocycles. The van der Waals surface area contributed by atoms with E-state index in [1.807, 2.05) is 0 Å². The van der Waals surface area contributed by atoms with E-state index in [1.54, 1.807) is 49.6 Å². The Morgan fingerprint density at radius 1 is 1.00 bits per heavy atom. The van der Waals surface area contributed by atoms with Crippen molar-refractivity contribution in [3.8, 4) is 17.2 Å². The van der Waals surface area contributed by atoms with E-state index < -0.39 is 12.0 Å². The highest BCUT2D eigenvalue weighted by Gasteiger charge is 2.35. The molecule has 0 unspecified atom stereocenters. The van der Waals surface area contributed by atoms with E-state index in [0.717, 1.165) is 11.8 Å². The summed E-state index contributed by atoms with van der Waals surface area (Å²) in [6.45, 7) is 0. The fourth-order valence-corrected chi connectivity index (χ4v) is 3.44. The molecule has 29 heavy (non-hydrogen) atoms. The molecule has 0 atom stereocenters. The van der Waals surface area contributed by atoms with Gasteiger partial charge in [-0.1, -0.05) is 35.1 Å². The van der Waals surface area contributed by atoms with Crippen LogP contribution >= 0.6 is 11.8 Å². The largest absolute Gasteiger partial charge is 0.497 e. The Kier molecular flexibility index (Phi) is 5.10. The molecule has 10 heteroatoms. The van der Waals surface area contributed by atoms with E-state index in [9.17, 15) is 13.2 Å². The van der Waals surface area contributed by atoms with Crippen LogP contribution in [0, 0.1) is 0 Å². The van der Waals surface area contributed by atoms with Crippen LogP contribution in [0.25, 0.3) is 22.4 Å². The first-order valence-electron chi connectivity index (χ1n) is 8.38. The maximum atomic E-state index is 13.1. The number of methoxy groups -OCH3 is 1. The highest BCUT2D eigenvalue weighted by molar-refractivity contribution is 7.98. The van der Waals surface area contributed by atoms with Crippen molar-refractivity contribution in [3.63, 3.8) is 0 Å². The van der Waals surface area contributed by atoms with Gasteiger partial charge in [0.25, 0.3) is 5.89 Å². The lowest BCUT2D eigenvalue weighted by Crippen LogP contribution is -2.11. The molecule has 0 amide bonds. The van der Waals surface area contributed by atoms with Crippen LogP contribution in [-0.2, 0) is 11.9 Å². The molecule has 0 radical (unpaired) electrons. The molecule has 6 nitrogen and oxygen atoms in total. The molecule has 0 saturated carbocycles. The number of ether oxygens (including phenoxy) is 1. The summed E-state index contributed by atoms with van der Waals surface area (Å²) >= 11 is 1.09. The van der Waals surface area contributed by atoms with Gasteiger partial charge in [0.15, 0.2) is 5.82 Å². The number of para-hydroxylation sites is 1. The van der Waals surface area contributed by atoms with Crippen molar-refractivity contribution in [2.75, 3.05) is 7.11 Å². The molecule has 2 aromatic heterocycles. The Labute approximate surface area is 167 Å². The first-order valence-corrected chi connectivity index (χ1v) is 9.36. The zero-order chi connectivity index (χ0) is 20.4. The second-order valence-corrected chi connectivity index (χ2v) is 6.86. The number of aromatic nitrogens is 4. The average molecular weight is 418 g/mol. The molecule has 0 fully saturated rings. The first-order chi connectivity index (χ1) is 13.9. The Balaban J connectivity index is 1.57. The van der Waals surface area contributed by atoms with Crippen LogP contribution in [0.2, 0.25) is 0 Å². The van der Waals surface area contributed by atoms with Gasteiger partial charge >= 0.3 is 6.18 Å². The zero-order valence-electron chi connectivity index (χ0n) is 15.0. The second kappa shape index (κ2) is 7.70. The summed E-state index contributed by atoms with van der Waals surface area (Å²) in [5.41, 5.74) is 0.936. The predicted octanol–water partition coefficient (Wildman–Crippen LogP) is 5.00. The van der Waals surface area contributed by atoms with E-state index >= 15 is 0 Å². The number of benzene rings is 2. The van der Waals surface area contributed by atoms with Gasteiger partial charge in [0.2, 0.25) is 5.82 Å². The lowest BCUT2D eigenvalue weighted by molar-refractivity contribution is -0.145. The number of hydrogen-bond donors (Lipinski definition) is 0. The van der Waals surface area contributed by atoms with Crippen LogP contribution in [-0.4, -0.2) is 27.2 Å². The van der Waals surface area contributed by atoms with Crippen molar-refractivity contribution in [1.29, 1.82) is 0 Å². The normalized spacial score (nSPS) is 11.7. The minimum absolute atomic E-state index is 0.192. The second-order valence-electron chi connectivity index (χ2n) is 5.90. The predicted molar refractivity (Wildman–Crippen MR) is 100 cm³/mol. The third-order valence-electron chi connectivity index (χ3n) is 3.96. The summed E-state index contributed by atoms with van der Waals surface area (Å²) in [4.78, 5) is 11.6. The van der Waals surface area contributed by atoms with Gasteiger partial charge in [-0.2, -0.15) is 18.2 Å². The van der Waals surface area contributed by atoms with Crippen LogP contribution in [0.15, 0.2) is 58.1 Å². The molecule has 0 saturated heterocycles. The monoisotopic (exact) mass is 418 g/mol. The number of halogens is 3. The van der Waals surface area contributed by atoms with Gasteiger partial charge in [-0.3, -0.25) is 0 Å². The summed E-state index contributed by atoms with van der Waals surface area (Å²) in [7, 11) is 1.57. The van der Waals surface area contributed by atoms with E-state index in [1.165, 1.54) is 6.07 Å². The van der Waals surface area contributed by atoms with Gasteiger partial charge in [0.05, 0.1) is 18.4 Å². The van der Waals surface area contributed by atoms with Crippen molar-refractivity contribution >= 4 is 22.7 Å². The first kappa shape index (κ1) is 19.2. The van der Waals surface area contributed by atoms with Gasteiger partial charge < -0.3 is 9.26 Å². The minimum atomic E-state index is -4.63. The third-order valence-corrected chi connectivity index (χ3v) is 4.95. The van der Waals surface area contributed by atoms with Crippen molar-refractivity contribution in [2.24, 2.45) is 0 Å². The van der Waals surface area contributed by atoms with Crippen molar-refractivity contribution in [3.05, 3.63) is 60.2 Å². The maximum absolute atomic E-state index is 13.1. The smallest absolute Gasteiger partial charge is 0.451 e. The number of rotatable bonds is 5. The van der Waals surface area contributed by atoms with Crippen molar-refractivity contribution in [1.82, 2.24) is 20.1 Å². The SMILES string of the molecule is COc1ccc(-c2nc(CSc3nc(C(F)(F)F)nc4ccccc34)no2)cc1. The Bertz CT molecular complexity index is 1150. The molecule has 0 N–H and O–H groups in total. The molecule has 0 bridgehead atoms. The Hall–Kier alpha value is -3.14. The molecule has 0 spiro atoms. The van der Waals surface area contributed by atoms with Gasteiger partial charge in [0, 0.05) is 10.9 Å². The van der Waals surface area contributed by atoms with E-state index in [2.05, 4.69) is 20.1 Å². The van der Waals surface area contributed by atoms with Crippen molar-refractivity contribution in [2.45, 2.75) is 17.0 Å². The summed E-state index contributed by atoms with van der Waals surface area (Å²) in [5, 5.41) is 4.64. The summed E-state index contributed by atoms with van der Waals surface area (Å²) < 4.78 is 49.7. The Morgan fingerprint density at radius 2 is 1.76 bits per heavy atom. The number of hydrogen-bond acceptors (Lipinski definition) is 7. The van der Waals surface area contributed by atoms with Crippen LogP contribution < -0.4 is 4.74 Å². The molecule has 148 valence electrons. The van der Waals surface area contributed by atoms with Crippen LogP contribution in [0.1, 0.15) is 11.6 Å². The van der Waals surface area contributed by atoms with Gasteiger partial charge in [-0.05, 0) is 30.3 Å². The molecule has 0 aliphatic heterocycles. The number of alkyl halides is 3. The summed E-state index contributed by atoms with van der Waals surface area (Å²) in [6.07, 6.45) is -4.63. The Morgan fingerprint density at radius 3 is 2.48 bits per heavy atom. The van der Waals surface area contributed by atoms with Gasteiger partial charge in [-0.25, -0.2) is 9.97 Å².